The fourth-order valence-electron chi connectivity index (χ4n) is 1.41. The van der Waals surface area contributed by atoms with E-state index in [0.717, 1.165) is 12.8 Å². The first-order valence-electron chi connectivity index (χ1n) is 4.26. The second-order valence-electron chi connectivity index (χ2n) is 2.93. The lowest BCUT2D eigenvalue weighted by Gasteiger charge is -2.24. The molecule has 0 spiro atoms. The van der Waals surface area contributed by atoms with Crippen molar-refractivity contribution in [2.24, 2.45) is 0 Å². The van der Waals surface area contributed by atoms with E-state index in [1.807, 2.05) is 6.08 Å². The third kappa shape index (κ3) is 3.33. The van der Waals surface area contributed by atoms with E-state index in [1.165, 1.54) is 32.4 Å². The van der Waals surface area contributed by atoms with Gasteiger partial charge in [-0.15, -0.1) is 0 Å². The van der Waals surface area contributed by atoms with E-state index in [-0.39, 0.29) is 0 Å². The van der Waals surface area contributed by atoms with E-state index < -0.39 is 0 Å². The molecule has 0 saturated carbocycles. The number of allylic oxidation sites excluding steroid dienone is 1. The van der Waals surface area contributed by atoms with Gasteiger partial charge in [0, 0.05) is 6.54 Å². The molecular formula is C9H15NO. The second kappa shape index (κ2) is 5.08. The van der Waals surface area contributed by atoms with Gasteiger partial charge < -0.3 is 0 Å². The Hall–Kier alpha value is -0.630. The summed E-state index contributed by atoms with van der Waals surface area (Å²) >= 11 is 0. The minimum Gasteiger partial charge on any atom is -0.300 e. The molecule has 0 amide bonds. The molecule has 1 aliphatic rings. The van der Waals surface area contributed by atoms with Crippen molar-refractivity contribution in [3.63, 3.8) is 0 Å². The highest BCUT2D eigenvalue weighted by molar-refractivity contribution is 5.64. The molecule has 1 saturated heterocycles. The number of aldehydes is 1. The standard InChI is InChI=1S/C9H15NO/c11-9-5-4-8-10-6-2-1-3-7-10/h4-5,9H,1-3,6-8H2/b5-4+. The van der Waals surface area contributed by atoms with Crippen LogP contribution in [0.4, 0.5) is 0 Å². The topological polar surface area (TPSA) is 20.3 Å². The summed E-state index contributed by atoms with van der Waals surface area (Å²) in [6.07, 6.45) is 8.34. The maximum atomic E-state index is 9.94. The SMILES string of the molecule is O=C/C=C/CN1CCCCC1. The molecule has 0 N–H and O–H groups in total. The van der Waals surface area contributed by atoms with Crippen molar-refractivity contribution in [3.05, 3.63) is 12.2 Å². The van der Waals surface area contributed by atoms with E-state index in [2.05, 4.69) is 4.90 Å². The van der Waals surface area contributed by atoms with Crippen LogP contribution in [0.1, 0.15) is 19.3 Å². The highest BCUT2D eigenvalue weighted by Gasteiger charge is 2.06. The van der Waals surface area contributed by atoms with Crippen LogP contribution in [0.5, 0.6) is 0 Å². The van der Waals surface area contributed by atoms with Crippen molar-refractivity contribution in [2.75, 3.05) is 19.6 Å². The monoisotopic (exact) mass is 153 g/mol. The Labute approximate surface area is 67.9 Å². The molecule has 0 aromatic heterocycles. The first-order chi connectivity index (χ1) is 5.43. The lowest BCUT2D eigenvalue weighted by atomic mass is 10.1. The highest BCUT2D eigenvalue weighted by Crippen LogP contribution is 2.07. The van der Waals surface area contributed by atoms with Crippen molar-refractivity contribution in [2.45, 2.75) is 19.3 Å². The van der Waals surface area contributed by atoms with Crippen LogP contribution in [0, 0.1) is 0 Å². The van der Waals surface area contributed by atoms with Gasteiger partial charge in [-0.25, -0.2) is 0 Å². The van der Waals surface area contributed by atoms with Crippen LogP contribution in [0.3, 0.4) is 0 Å². The van der Waals surface area contributed by atoms with Crippen LogP contribution in [0.15, 0.2) is 12.2 Å². The van der Waals surface area contributed by atoms with E-state index in [0.29, 0.717) is 0 Å². The Morgan fingerprint density at radius 1 is 1.18 bits per heavy atom. The zero-order valence-electron chi connectivity index (χ0n) is 6.83. The van der Waals surface area contributed by atoms with Crippen LogP contribution < -0.4 is 0 Å². The maximum absolute atomic E-state index is 9.94. The number of nitrogens with zero attached hydrogens (tertiary/aromatic N) is 1. The van der Waals surface area contributed by atoms with Crippen LogP contribution in [0.2, 0.25) is 0 Å². The summed E-state index contributed by atoms with van der Waals surface area (Å²) in [5, 5.41) is 0. The molecular weight excluding hydrogens is 138 g/mol. The van der Waals surface area contributed by atoms with Gasteiger partial charge in [0.05, 0.1) is 0 Å². The minimum absolute atomic E-state index is 0.837. The molecule has 1 rings (SSSR count). The lowest BCUT2D eigenvalue weighted by Crippen LogP contribution is -2.29. The minimum atomic E-state index is 0.837. The number of carbonyl (C=O) groups is 1. The van der Waals surface area contributed by atoms with Crippen LogP contribution in [-0.2, 0) is 4.79 Å². The predicted molar refractivity (Wildman–Crippen MR) is 45.5 cm³/mol. The Morgan fingerprint density at radius 3 is 2.55 bits per heavy atom. The van der Waals surface area contributed by atoms with Gasteiger partial charge in [-0.3, -0.25) is 9.69 Å². The number of rotatable bonds is 3. The number of hydrogen-bond donors (Lipinski definition) is 0. The van der Waals surface area contributed by atoms with Gasteiger partial charge in [-0.05, 0) is 32.0 Å². The van der Waals surface area contributed by atoms with Crippen LogP contribution in [-0.4, -0.2) is 30.8 Å². The van der Waals surface area contributed by atoms with E-state index in [1.54, 1.807) is 6.08 Å². The molecule has 0 radical (unpaired) electrons. The molecule has 1 heterocycles. The first kappa shape index (κ1) is 8.47. The Bertz CT molecular complexity index is 136. The zero-order valence-corrected chi connectivity index (χ0v) is 6.83. The van der Waals surface area contributed by atoms with Crippen molar-refractivity contribution in [1.82, 2.24) is 4.90 Å². The zero-order chi connectivity index (χ0) is 7.94. The first-order valence-corrected chi connectivity index (χ1v) is 4.26. The fraction of sp³-hybridized carbons (Fsp3) is 0.667. The average molecular weight is 153 g/mol. The summed E-state index contributed by atoms with van der Waals surface area (Å²) in [5.41, 5.74) is 0. The molecule has 0 atom stereocenters. The van der Waals surface area contributed by atoms with Crippen molar-refractivity contribution >= 4 is 6.29 Å². The summed E-state index contributed by atoms with van der Waals surface area (Å²) in [6, 6.07) is 0. The van der Waals surface area contributed by atoms with Crippen molar-refractivity contribution in [1.29, 1.82) is 0 Å². The van der Waals surface area contributed by atoms with E-state index in [9.17, 15) is 4.79 Å². The smallest absolute Gasteiger partial charge is 0.142 e. The third-order valence-electron chi connectivity index (χ3n) is 2.03. The molecule has 0 aromatic carbocycles. The molecule has 2 nitrogen and oxygen atoms in total. The molecule has 0 unspecified atom stereocenters. The molecule has 0 aromatic rings. The average Bonchev–Trinajstić information content (AvgIpc) is 2.07. The normalized spacial score (nSPS) is 20.7. The summed E-state index contributed by atoms with van der Waals surface area (Å²) in [5.74, 6) is 0. The number of carbonyl (C=O) groups excluding carboxylic acids is 1. The molecule has 0 bridgehead atoms. The quantitative estimate of drug-likeness (QED) is 0.449. The predicted octanol–water partition coefficient (Wildman–Crippen LogP) is 1.23. The number of hydrogen-bond acceptors (Lipinski definition) is 2. The van der Waals surface area contributed by atoms with Gasteiger partial charge >= 0.3 is 0 Å². The molecule has 62 valence electrons. The third-order valence-corrected chi connectivity index (χ3v) is 2.03. The molecule has 11 heavy (non-hydrogen) atoms. The summed E-state index contributed by atoms with van der Waals surface area (Å²) in [6.45, 7) is 3.34. The van der Waals surface area contributed by atoms with E-state index >= 15 is 0 Å². The molecule has 0 aliphatic carbocycles. The van der Waals surface area contributed by atoms with Crippen molar-refractivity contribution in [3.8, 4) is 0 Å². The largest absolute Gasteiger partial charge is 0.300 e. The van der Waals surface area contributed by atoms with Gasteiger partial charge in [-0.1, -0.05) is 12.5 Å². The Morgan fingerprint density at radius 2 is 1.91 bits per heavy atom. The summed E-state index contributed by atoms with van der Waals surface area (Å²) in [7, 11) is 0. The molecule has 1 aliphatic heterocycles. The Kier molecular flexibility index (Phi) is 3.91. The highest BCUT2D eigenvalue weighted by atomic mass is 16.1. The second-order valence-corrected chi connectivity index (χ2v) is 2.93. The Balaban J connectivity index is 2.14. The fourth-order valence-corrected chi connectivity index (χ4v) is 1.41. The summed E-state index contributed by atoms with van der Waals surface area (Å²) in [4.78, 5) is 12.3. The van der Waals surface area contributed by atoms with Gasteiger partial charge in [0.15, 0.2) is 0 Å². The van der Waals surface area contributed by atoms with Gasteiger partial charge in [0.1, 0.15) is 6.29 Å². The summed E-state index contributed by atoms with van der Waals surface area (Å²) < 4.78 is 0. The maximum Gasteiger partial charge on any atom is 0.142 e. The van der Waals surface area contributed by atoms with E-state index in [4.69, 9.17) is 0 Å². The van der Waals surface area contributed by atoms with Crippen LogP contribution >= 0.6 is 0 Å². The number of piperidine rings is 1. The van der Waals surface area contributed by atoms with Gasteiger partial charge in [-0.2, -0.15) is 0 Å². The lowest BCUT2D eigenvalue weighted by molar-refractivity contribution is -0.104. The van der Waals surface area contributed by atoms with Crippen molar-refractivity contribution < 1.29 is 4.79 Å². The molecule has 2 heteroatoms. The molecule has 1 fully saturated rings. The van der Waals surface area contributed by atoms with Gasteiger partial charge in [0.2, 0.25) is 0 Å². The van der Waals surface area contributed by atoms with Crippen LogP contribution in [0.25, 0.3) is 0 Å². The number of likely N-dealkylation sites (tertiary alicyclic amines) is 1. The van der Waals surface area contributed by atoms with Gasteiger partial charge in [0.25, 0.3) is 0 Å².